The van der Waals surface area contributed by atoms with E-state index >= 15 is 0 Å². The van der Waals surface area contributed by atoms with E-state index in [1.165, 1.54) is 12.3 Å². The summed E-state index contributed by atoms with van der Waals surface area (Å²) < 4.78 is 41.6. The molecule has 178 valence electrons. The predicted molar refractivity (Wildman–Crippen MR) is 132 cm³/mol. The van der Waals surface area contributed by atoms with Gasteiger partial charge in [0.05, 0.1) is 22.8 Å². The molecule has 0 aliphatic carbocycles. The van der Waals surface area contributed by atoms with Crippen molar-refractivity contribution >= 4 is 24.8 Å². The number of ether oxygens (including phenoxy) is 2. The highest BCUT2D eigenvalue weighted by atomic mass is 28.3. The SMILES string of the molecule is C[Si](C)(C)CCOCn1nc(-c2ccccc2)c2cc(OCc3c(F)ccc(N)c3F)cnc21. The molecule has 0 atom stereocenters. The molecule has 2 aromatic carbocycles. The van der Waals surface area contributed by atoms with Crippen molar-refractivity contribution in [3.8, 4) is 17.0 Å². The Hall–Kier alpha value is -3.30. The smallest absolute Gasteiger partial charge is 0.161 e. The van der Waals surface area contributed by atoms with Gasteiger partial charge in [0.1, 0.15) is 30.6 Å². The van der Waals surface area contributed by atoms with Gasteiger partial charge in [0.2, 0.25) is 0 Å². The summed E-state index contributed by atoms with van der Waals surface area (Å²) in [5.41, 5.74) is 7.49. The van der Waals surface area contributed by atoms with E-state index in [-0.39, 0.29) is 24.6 Å². The Morgan fingerprint density at radius 1 is 1.06 bits per heavy atom. The minimum absolute atomic E-state index is 0.129. The fourth-order valence-corrected chi connectivity index (χ4v) is 4.21. The van der Waals surface area contributed by atoms with Crippen LogP contribution in [0.15, 0.2) is 54.7 Å². The molecule has 9 heteroatoms. The third kappa shape index (κ3) is 5.43. The topological polar surface area (TPSA) is 75.2 Å². The van der Waals surface area contributed by atoms with E-state index in [0.717, 1.165) is 28.8 Å². The van der Waals surface area contributed by atoms with Crippen LogP contribution < -0.4 is 10.5 Å². The van der Waals surface area contributed by atoms with Gasteiger partial charge in [0.25, 0.3) is 0 Å². The molecule has 2 heterocycles. The highest BCUT2D eigenvalue weighted by Gasteiger charge is 2.17. The van der Waals surface area contributed by atoms with Crippen molar-refractivity contribution in [1.82, 2.24) is 14.8 Å². The molecular formula is C25H28F2N4O2Si. The van der Waals surface area contributed by atoms with Gasteiger partial charge in [-0.1, -0.05) is 50.0 Å². The van der Waals surface area contributed by atoms with Gasteiger partial charge in [0.15, 0.2) is 11.5 Å². The molecule has 2 aromatic heterocycles. The molecule has 0 saturated heterocycles. The predicted octanol–water partition coefficient (Wildman–Crippen LogP) is 5.85. The van der Waals surface area contributed by atoms with Crippen molar-refractivity contribution in [2.45, 2.75) is 39.0 Å². The maximum atomic E-state index is 14.2. The van der Waals surface area contributed by atoms with Crippen LogP contribution in [0, 0.1) is 11.6 Å². The zero-order chi connectivity index (χ0) is 24.3. The molecule has 2 N–H and O–H groups in total. The highest BCUT2D eigenvalue weighted by Crippen LogP contribution is 2.30. The van der Waals surface area contributed by atoms with Crippen LogP contribution in [0.1, 0.15) is 5.56 Å². The summed E-state index contributed by atoms with van der Waals surface area (Å²) in [4.78, 5) is 4.52. The first kappa shape index (κ1) is 23.8. The largest absolute Gasteiger partial charge is 0.487 e. The van der Waals surface area contributed by atoms with E-state index in [2.05, 4.69) is 24.6 Å². The minimum atomic E-state index is -1.20. The van der Waals surface area contributed by atoms with Crippen LogP contribution in [0.5, 0.6) is 5.75 Å². The summed E-state index contributed by atoms with van der Waals surface area (Å²) in [5, 5.41) is 5.50. The number of anilines is 1. The van der Waals surface area contributed by atoms with Gasteiger partial charge in [0, 0.05) is 20.2 Å². The summed E-state index contributed by atoms with van der Waals surface area (Å²) >= 11 is 0. The lowest BCUT2D eigenvalue weighted by Gasteiger charge is -2.15. The zero-order valence-corrected chi connectivity index (χ0v) is 20.5. The Kier molecular flexibility index (Phi) is 6.94. The molecule has 0 amide bonds. The summed E-state index contributed by atoms with van der Waals surface area (Å²) in [6.45, 7) is 7.54. The number of fused-ring (bicyclic) bond motifs is 1. The van der Waals surface area contributed by atoms with Crippen molar-refractivity contribution in [3.63, 3.8) is 0 Å². The molecule has 0 aliphatic heterocycles. The van der Waals surface area contributed by atoms with Crippen LogP contribution in [0.25, 0.3) is 22.3 Å². The molecule has 0 fully saturated rings. The Morgan fingerprint density at radius 3 is 2.56 bits per heavy atom. The number of pyridine rings is 1. The lowest BCUT2D eigenvalue weighted by atomic mass is 10.1. The maximum Gasteiger partial charge on any atom is 0.161 e. The van der Waals surface area contributed by atoms with E-state index in [0.29, 0.717) is 18.0 Å². The van der Waals surface area contributed by atoms with E-state index in [4.69, 9.17) is 20.3 Å². The Bertz CT molecular complexity index is 1290. The van der Waals surface area contributed by atoms with Crippen LogP contribution in [0.3, 0.4) is 0 Å². The molecule has 0 saturated carbocycles. The number of hydrogen-bond donors (Lipinski definition) is 1. The number of rotatable bonds is 9. The Morgan fingerprint density at radius 2 is 1.82 bits per heavy atom. The molecular weight excluding hydrogens is 454 g/mol. The minimum Gasteiger partial charge on any atom is -0.487 e. The van der Waals surface area contributed by atoms with E-state index < -0.39 is 19.7 Å². The van der Waals surface area contributed by atoms with Crippen molar-refractivity contribution in [2.75, 3.05) is 12.3 Å². The third-order valence-corrected chi connectivity index (χ3v) is 7.12. The van der Waals surface area contributed by atoms with Crippen LogP contribution in [-0.2, 0) is 18.1 Å². The van der Waals surface area contributed by atoms with Crippen molar-refractivity contribution in [3.05, 3.63) is 71.9 Å². The van der Waals surface area contributed by atoms with Gasteiger partial charge in [-0.3, -0.25) is 0 Å². The monoisotopic (exact) mass is 482 g/mol. The summed E-state index contributed by atoms with van der Waals surface area (Å²) in [6.07, 6.45) is 1.51. The van der Waals surface area contributed by atoms with E-state index in [9.17, 15) is 8.78 Å². The average molecular weight is 483 g/mol. The lowest BCUT2D eigenvalue weighted by molar-refractivity contribution is 0.0814. The van der Waals surface area contributed by atoms with Gasteiger partial charge in [-0.25, -0.2) is 18.4 Å². The number of nitrogens with two attached hydrogens (primary N) is 1. The van der Waals surface area contributed by atoms with Crippen LogP contribution >= 0.6 is 0 Å². The first-order chi connectivity index (χ1) is 16.2. The van der Waals surface area contributed by atoms with E-state index in [1.54, 1.807) is 10.7 Å². The first-order valence-corrected chi connectivity index (χ1v) is 14.8. The lowest BCUT2D eigenvalue weighted by Crippen LogP contribution is -2.22. The fraction of sp³-hybridized carbons (Fsp3) is 0.280. The summed E-state index contributed by atoms with van der Waals surface area (Å²) in [6, 6.07) is 14.9. The van der Waals surface area contributed by atoms with Crippen LogP contribution in [0.2, 0.25) is 25.7 Å². The average Bonchev–Trinajstić information content (AvgIpc) is 3.17. The molecule has 4 aromatic rings. The van der Waals surface area contributed by atoms with Crippen LogP contribution in [-0.4, -0.2) is 29.4 Å². The highest BCUT2D eigenvalue weighted by molar-refractivity contribution is 6.76. The zero-order valence-electron chi connectivity index (χ0n) is 19.5. The quantitative estimate of drug-likeness (QED) is 0.184. The van der Waals surface area contributed by atoms with Crippen molar-refractivity contribution in [1.29, 1.82) is 0 Å². The van der Waals surface area contributed by atoms with Crippen molar-refractivity contribution < 1.29 is 18.3 Å². The van der Waals surface area contributed by atoms with Gasteiger partial charge < -0.3 is 15.2 Å². The Balaban J connectivity index is 1.62. The van der Waals surface area contributed by atoms with Gasteiger partial charge in [-0.2, -0.15) is 5.10 Å². The summed E-state index contributed by atoms with van der Waals surface area (Å²) in [5.74, 6) is -1.17. The molecule has 6 nitrogen and oxygen atoms in total. The number of nitrogens with zero attached hydrogens (tertiary/aromatic N) is 3. The number of nitrogen functional groups attached to an aromatic ring is 1. The third-order valence-electron chi connectivity index (χ3n) is 5.42. The first-order valence-electron chi connectivity index (χ1n) is 11.1. The molecule has 0 unspecified atom stereocenters. The maximum absolute atomic E-state index is 14.2. The molecule has 0 bridgehead atoms. The van der Waals surface area contributed by atoms with E-state index in [1.807, 2.05) is 30.3 Å². The number of benzene rings is 2. The standard InChI is InChI=1S/C25H28F2N4O2Si/c1-34(2,3)12-11-32-16-31-25-19(24(30-31)17-7-5-4-6-8-17)13-18(14-29-25)33-15-20-21(26)9-10-22(28)23(20)27/h4-10,13-14H,11-12,15-16,28H2,1-3H3. The molecule has 4 rings (SSSR count). The van der Waals surface area contributed by atoms with Crippen molar-refractivity contribution in [2.24, 2.45) is 0 Å². The second-order valence-corrected chi connectivity index (χ2v) is 14.9. The second kappa shape index (κ2) is 9.90. The normalized spacial score (nSPS) is 11.8. The van der Waals surface area contributed by atoms with Crippen LogP contribution in [0.4, 0.5) is 14.5 Å². The number of halogens is 2. The molecule has 0 aliphatic rings. The number of aromatic nitrogens is 3. The fourth-order valence-electron chi connectivity index (χ4n) is 3.45. The molecule has 0 radical (unpaired) electrons. The second-order valence-electron chi connectivity index (χ2n) is 9.32. The Labute approximate surface area is 198 Å². The summed E-state index contributed by atoms with van der Waals surface area (Å²) in [7, 11) is -1.20. The number of hydrogen-bond acceptors (Lipinski definition) is 5. The van der Waals surface area contributed by atoms with Gasteiger partial charge >= 0.3 is 0 Å². The van der Waals surface area contributed by atoms with Gasteiger partial charge in [-0.05, 0) is 24.2 Å². The van der Waals surface area contributed by atoms with Gasteiger partial charge in [-0.15, -0.1) is 0 Å². The molecule has 34 heavy (non-hydrogen) atoms. The molecule has 0 spiro atoms.